The molecule has 0 unspecified atom stereocenters. The van der Waals surface area contributed by atoms with E-state index in [0.29, 0.717) is 18.3 Å². The molecule has 5 rings (SSSR count). The fraction of sp³-hybridized carbons (Fsp3) is 0.346. The van der Waals surface area contributed by atoms with Crippen molar-refractivity contribution < 1.29 is 9.59 Å². The number of fused-ring (bicyclic) bond motifs is 1. The molecule has 0 spiro atoms. The van der Waals surface area contributed by atoms with E-state index < -0.39 is 0 Å². The minimum Gasteiger partial charge on any atom is -0.360 e. The number of nitrogens with one attached hydrogen (secondary N) is 2. The van der Waals surface area contributed by atoms with Crippen molar-refractivity contribution >= 4 is 29.0 Å². The van der Waals surface area contributed by atoms with Crippen molar-refractivity contribution in [2.45, 2.75) is 38.5 Å². The Bertz CT molecular complexity index is 1150. The van der Waals surface area contributed by atoms with Gasteiger partial charge in [0.1, 0.15) is 5.82 Å². The van der Waals surface area contributed by atoms with Crippen LogP contribution in [-0.4, -0.2) is 34.7 Å². The van der Waals surface area contributed by atoms with Crippen molar-refractivity contribution in [3.63, 3.8) is 0 Å². The van der Waals surface area contributed by atoms with E-state index in [4.69, 9.17) is 5.10 Å². The lowest BCUT2D eigenvalue weighted by molar-refractivity contribution is -0.119. The summed E-state index contributed by atoms with van der Waals surface area (Å²) in [5, 5.41) is 10.9. The maximum atomic E-state index is 13.2. The standard InChI is InChI=1S/C26H29N5O2/c1-18-16-30(23-14-8-7-13-21(23)27-26(18)33)17-25(32)28-24-15-22(19-9-5-6-10-19)29-31(24)20-11-3-2-4-12-20/h2-4,7-8,11-15,18-19H,5-6,9-10,16-17H2,1H3,(H,27,33)(H,28,32)/t18-/m1/s1. The molecule has 33 heavy (non-hydrogen) atoms. The van der Waals surface area contributed by atoms with Crippen LogP contribution in [0.4, 0.5) is 17.2 Å². The smallest absolute Gasteiger partial charge is 0.245 e. The molecule has 0 saturated heterocycles. The fourth-order valence-electron chi connectivity index (χ4n) is 4.80. The Labute approximate surface area is 193 Å². The predicted octanol–water partition coefficient (Wildman–Crippen LogP) is 4.56. The molecule has 0 radical (unpaired) electrons. The number of carbonyl (C=O) groups excluding carboxylic acids is 2. The van der Waals surface area contributed by atoms with Gasteiger partial charge in [-0.1, -0.05) is 50.1 Å². The Hall–Kier alpha value is -3.61. The lowest BCUT2D eigenvalue weighted by atomic mass is 10.0. The van der Waals surface area contributed by atoms with Crippen LogP contribution >= 0.6 is 0 Å². The largest absolute Gasteiger partial charge is 0.360 e. The molecule has 1 saturated carbocycles. The number of anilines is 3. The van der Waals surface area contributed by atoms with Gasteiger partial charge in [-0.25, -0.2) is 4.68 Å². The average Bonchev–Trinajstić information content (AvgIpc) is 3.47. The van der Waals surface area contributed by atoms with Crippen LogP contribution in [0.2, 0.25) is 0 Å². The number of para-hydroxylation sites is 3. The van der Waals surface area contributed by atoms with Crippen molar-refractivity contribution in [2.24, 2.45) is 5.92 Å². The van der Waals surface area contributed by atoms with Gasteiger partial charge in [0.2, 0.25) is 11.8 Å². The quantitative estimate of drug-likeness (QED) is 0.606. The van der Waals surface area contributed by atoms with Crippen LogP contribution in [0.1, 0.15) is 44.2 Å². The molecule has 1 atom stereocenters. The van der Waals surface area contributed by atoms with Crippen molar-refractivity contribution in [1.82, 2.24) is 9.78 Å². The Morgan fingerprint density at radius 1 is 1.09 bits per heavy atom. The molecule has 1 aliphatic heterocycles. The third-order valence-electron chi connectivity index (χ3n) is 6.55. The minimum atomic E-state index is -0.228. The number of hydrogen-bond donors (Lipinski definition) is 2. The minimum absolute atomic E-state index is 0.0336. The van der Waals surface area contributed by atoms with E-state index in [-0.39, 0.29) is 24.3 Å². The van der Waals surface area contributed by atoms with Gasteiger partial charge in [0, 0.05) is 18.5 Å². The first-order valence-corrected chi connectivity index (χ1v) is 11.7. The topological polar surface area (TPSA) is 79.3 Å². The van der Waals surface area contributed by atoms with E-state index in [0.717, 1.165) is 35.6 Å². The van der Waals surface area contributed by atoms with E-state index in [1.54, 1.807) is 0 Å². The second kappa shape index (κ2) is 9.10. The van der Waals surface area contributed by atoms with Crippen LogP contribution in [0.25, 0.3) is 5.69 Å². The van der Waals surface area contributed by atoms with Gasteiger partial charge in [-0.05, 0) is 37.1 Å². The summed E-state index contributed by atoms with van der Waals surface area (Å²) in [6.07, 6.45) is 4.74. The third-order valence-corrected chi connectivity index (χ3v) is 6.55. The third kappa shape index (κ3) is 4.49. The summed E-state index contributed by atoms with van der Waals surface area (Å²) in [4.78, 5) is 27.6. The number of aromatic nitrogens is 2. The number of rotatable bonds is 5. The van der Waals surface area contributed by atoms with Crippen molar-refractivity contribution in [3.8, 4) is 5.69 Å². The monoisotopic (exact) mass is 443 g/mol. The fourth-order valence-corrected chi connectivity index (χ4v) is 4.80. The van der Waals surface area contributed by atoms with Crippen LogP contribution in [0.5, 0.6) is 0 Å². The summed E-state index contributed by atoms with van der Waals surface area (Å²) in [6.45, 7) is 2.50. The van der Waals surface area contributed by atoms with Crippen molar-refractivity contribution in [1.29, 1.82) is 0 Å². The molecule has 7 heteroatoms. The summed E-state index contributed by atoms with van der Waals surface area (Å²) in [5.74, 6) is 0.726. The molecule has 0 bridgehead atoms. The Morgan fingerprint density at radius 3 is 2.61 bits per heavy atom. The molecule has 2 aliphatic rings. The molecule has 1 fully saturated rings. The highest BCUT2D eigenvalue weighted by molar-refractivity contribution is 6.00. The molecule has 1 aliphatic carbocycles. The first-order chi connectivity index (χ1) is 16.1. The molecule has 3 aromatic rings. The Morgan fingerprint density at radius 2 is 1.82 bits per heavy atom. The Balaban J connectivity index is 1.40. The second-order valence-electron chi connectivity index (χ2n) is 9.02. The van der Waals surface area contributed by atoms with Crippen molar-refractivity contribution in [3.05, 3.63) is 66.4 Å². The van der Waals surface area contributed by atoms with Gasteiger partial charge in [0.25, 0.3) is 0 Å². The Kier molecular flexibility index (Phi) is 5.86. The number of nitrogens with zero attached hydrogens (tertiary/aromatic N) is 3. The number of benzene rings is 2. The summed E-state index contributed by atoms with van der Waals surface area (Å²) in [5.41, 5.74) is 3.54. The first kappa shape index (κ1) is 21.2. The SMILES string of the molecule is C[C@@H]1CN(CC(=O)Nc2cc(C3CCCC3)nn2-c2ccccc2)c2ccccc2NC1=O. The zero-order valence-electron chi connectivity index (χ0n) is 18.8. The molecule has 2 amide bonds. The van der Waals surface area contributed by atoms with Crippen molar-refractivity contribution in [2.75, 3.05) is 28.6 Å². The van der Waals surface area contributed by atoms with Crippen LogP contribution in [0, 0.1) is 5.92 Å². The van der Waals surface area contributed by atoms with E-state index in [2.05, 4.69) is 10.6 Å². The molecule has 2 N–H and O–H groups in total. The molecular weight excluding hydrogens is 414 g/mol. The lowest BCUT2D eigenvalue weighted by Gasteiger charge is -2.25. The average molecular weight is 444 g/mol. The highest BCUT2D eigenvalue weighted by Crippen LogP contribution is 2.35. The molecule has 2 heterocycles. The summed E-state index contributed by atoms with van der Waals surface area (Å²) in [6, 6.07) is 19.5. The second-order valence-corrected chi connectivity index (χ2v) is 9.02. The lowest BCUT2D eigenvalue weighted by Crippen LogP contribution is -2.37. The van der Waals surface area contributed by atoms with Gasteiger partial charge < -0.3 is 15.5 Å². The van der Waals surface area contributed by atoms with Gasteiger partial charge in [0.05, 0.1) is 35.2 Å². The number of carbonyl (C=O) groups is 2. The van der Waals surface area contributed by atoms with Crippen LogP contribution in [0.15, 0.2) is 60.7 Å². The number of amides is 2. The van der Waals surface area contributed by atoms with Crippen LogP contribution < -0.4 is 15.5 Å². The molecule has 7 nitrogen and oxygen atoms in total. The van der Waals surface area contributed by atoms with Gasteiger partial charge >= 0.3 is 0 Å². The van der Waals surface area contributed by atoms with E-state index in [9.17, 15) is 9.59 Å². The highest BCUT2D eigenvalue weighted by atomic mass is 16.2. The van der Waals surface area contributed by atoms with Crippen LogP contribution in [0.3, 0.4) is 0 Å². The zero-order chi connectivity index (χ0) is 22.8. The van der Waals surface area contributed by atoms with Gasteiger partial charge in [0.15, 0.2) is 0 Å². The number of hydrogen-bond acceptors (Lipinski definition) is 4. The molecular formula is C26H29N5O2. The van der Waals surface area contributed by atoms with E-state index in [1.165, 1.54) is 12.8 Å². The normalized spacial score (nSPS) is 18.5. The zero-order valence-corrected chi connectivity index (χ0v) is 18.8. The van der Waals surface area contributed by atoms with E-state index >= 15 is 0 Å². The highest BCUT2D eigenvalue weighted by Gasteiger charge is 2.27. The van der Waals surface area contributed by atoms with Gasteiger partial charge in [-0.3, -0.25) is 9.59 Å². The summed E-state index contributed by atoms with van der Waals surface area (Å²) in [7, 11) is 0. The first-order valence-electron chi connectivity index (χ1n) is 11.7. The molecule has 1 aromatic heterocycles. The van der Waals surface area contributed by atoms with Crippen LogP contribution in [-0.2, 0) is 9.59 Å². The summed E-state index contributed by atoms with van der Waals surface area (Å²) >= 11 is 0. The van der Waals surface area contributed by atoms with Gasteiger partial charge in [-0.15, -0.1) is 0 Å². The summed E-state index contributed by atoms with van der Waals surface area (Å²) < 4.78 is 1.83. The molecule has 2 aromatic carbocycles. The maximum Gasteiger partial charge on any atom is 0.245 e. The molecule has 170 valence electrons. The van der Waals surface area contributed by atoms with Gasteiger partial charge in [-0.2, -0.15) is 5.10 Å². The maximum absolute atomic E-state index is 13.2. The predicted molar refractivity (Wildman–Crippen MR) is 130 cm³/mol. The van der Waals surface area contributed by atoms with E-state index in [1.807, 2.05) is 77.2 Å².